The van der Waals surface area contributed by atoms with Crippen molar-refractivity contribution in [3.8, 4) is 10.6 Å². The van der Waals surface area contributed by atoms with Gasteiger partial charge in [0.2, 0.25) is 0 Å². The third-order valence-electron chi connectivity index (χ3n) is 2.47. The largest absolute Gasteiger partial charge is 0.311 e. The average Bonchev–Trinajstić information content (AvgIpc) is 2.84. The van der Waals surface area contributed by atoms with Crippen LogP contribution in [0, 0.1) is 17.5 Å². The molecule has 7 heteroatoms. The molecule has 0 bridgehead atoms. The van der Waals surface area contributed by atoms with Crippen LogP contribution in [-0.2, 0) is 0 Å². The van der Waals surface area contributed by atoms with E-state index in [0.29, 0.717) is 10.0 Å². The summed E-state index contributed by atoms with van der Waals surface area (Å²) in [5.74, 6) is -3.95. The Balaban J connectivity index is 2.40. The fourth-order valence-corrected chi connectivity index (χ4v) is 2.22. The Morgan fingerprint density at radius 1 is 1.17 bits per heavy atom. The summed E-state index contributed by atoms with van der Waals surface area (Å²) in [5, 5.41) is 11.8. The van der Waals surface area contributed by atoms with Gasteiger partial charge in [0.05, 0.1) is 6.04 Å². The van der Waals surface area contributed by atoms with Crippen LogP contribution in [0.2, 0.25) is 0 Å². The van der Waals surface area contributed by atoms with Gasteiger partial charge in [0.1, 0.15) is 10.0 Å². The first kappa shape index (κ1) is 13.0. The smallest absolute Gasteiger partial charge is 0.194 e. The molecular weight excluding hydrogens is 263 g/mol. The van der Waals surface area contributed by atoms with E-state index in [4.69, 9.17) is 0 Å². The van der Waals surface area contributed by atoms with Crippen LogP contribution in [0.3, 0.4) is 0 Å². The lowest BCUT2D eigenvalue weighted by Gasteiger charge is -2.03. The molecule has 0 aliphatic carbocycles. The van der Waals surface area contributed by atoms with Gasteiger partial charge in [-0.1, -0.05) is 11.3 Å². The molecule has 0 saturated carbocycles. The number of nitrogens with zero attached hydrogens (tertiary/aromatic N) is 2. The quantitative estimate of drug-likeness (QED) is 0.874. The van der Waals surface area contributed by atoms with Crippen LogP contribution < -0.4 is 5.32 Å². The molecule has 1 aromatic carbocycles. The molecule has 0 fully saturated rings. The third kappa shape index (κ3) is 2.37. The number of halogens is 3. The lowest BCUT2D eigenvalue weighted by molar-refractivity contribution is 0.447. The SMILES string of the molecule is CNC(C)c1nnc(-c2cc(F)c(F)c(F)c2)s1. The van der Waals surface area contributed by atoms with Gasteiger partial charge < -0.3 is 5.32 Å². The first-order chi connectivity index (χ1) is 8.52. The number of hydrogen-bond donors (Lipinski definition) is 1. The predicted octanol–water partition coefficient (Wildman–Crippen LogP) is 2.90. The molecule has 2 aromatic rings. The van der Waals surface area contributed by atoms with Gasteiger partial charge in [0, 0.05) is 5.56 Å². The highest BCUT2D eigenvalue weighted by Crippen LogP contribution is 2.28. The average molecular weight is 273 g/mol. The Hall–Kier alpha value is -1.47. The van der Waals surface area contributed by atoms with Crippen LogP contribution in [0.4, 0.5) is 13.2 Å². The highest BCUT2D eigenvalue weighted by atomic mass is 32.1. The molecule has 3 nitrogen and oxygen atoms in total. The van der Waals surface area contributed by atoms with Gasteiger partial charge in [-0.15, -0.1) is 10.2 Å². The van der Waals surface area contributed by atoms with Crippen LogP contribution in [0.25, 0.3) is 10.6 Å². The lowest BCUT2D eigenvalue weighted by Crippen LogP contribution is -2.11. The zero-order chi connectivity index (χ0) is 13.3. The van der Waals surface area contributed by atoms with Crippen molar-refractivity contribution in [2.24, 2.45) is 0 Å². The maximum Gasteiger partial charge on any atom is 0.194 e. The molecule has 18 heavy (non-hydrogen) atoms. The fraction of sp³-hybridized carbons (Fsp3) is 0.273. The van der Waals surface area contributed by atoms with Crippen molar-refractivity contribution < 1.29 is 13.2 Å². The van der Waals surface area contributed by atoms with Gasteiger partial charge in [0.15, 0.2) is 17.5 Å². The van der Waals surface area contributed by atoms with Crippen LogP contribution in [0.15, 0.2) is 12.1 Å². The number of rotatable bonds is 3. The summed E-state index contributed by atoms with van der Waals surface area (Å²) in [4.78, 5) is 0. The minimum Gasteiger partial charge on any atom is -0.311 e. The van der Waals surface area contributed by atoms with Crippen LogP contribution in [0.1, 0.15) is 18.0 Å². The van der Waals surface area contributed by atoms with E-state index in [9.17, 15) is 13.2 Å². The molecule has 96 valence electrons. The summed E-state index contributed by atoms with van der Waals surface area (Å²) in [6, 6.07) is 1.81. The van der Waals surface area contributed by atoms with Crippen LogP contribution in [0.5, 0.6) is 0 Å². The van der Waals surface area contributed by atoms with E-state index < -0.39 is 17.5 Å². The van der Waals surface area contributed by atoms with E-state index >= 15 is 0 Å². The molecule has 1 N–H and O–H groups in total. The minimum absolute atomic E-state index is 0.00797. The van der Waals surface area contributed by atoms with Gasteiger partial charge >= 0.3 is 0 Å². The first-order valence-electron chi connectivity index (χ1n) is 5.18. The Kier molecular flexibility index (Phi) is 3.63. The summed E-state index contributed by atoms with van der Waals surface area (Å²) in [5.41, 5.74) is 0.179. The molecule has 0 spiro atoms. The Morgan fingerprint density at radius 3 is 2.33 bits per heavy atom. The van der Waals surface area contributed by atoms with Crippen molar-refractivity contribution in [1.82, 2.24) is 15.5 Å². The third-order valence-corrected chi connectivity index (χ3v) is 3.63. The van der Waals surface area contributed by atoms with E-state index in [1.807, 2.05) is 6.92 Å². The number of aromatic nitrogens is 2. The zero-order valence-corrected chi connectivity index (χ0v) is 10.5. The van der Waals surface area contributed by atoms with Crippen molar-refractivity contribution >= 4 is 11.3 Å². The van der Waals surface area contributed by atoms with Gasteiger partial charge in [-0.25, -0.2) is 13.2 Å². The van der Waals surface area contributed by atoms with Crippen molar-refractivity contribution in [3.05, 3.63) is 34.6 Å². The Labute approximate surface area is 106 Å². The molecule has 1 unspecified atom stereocenters. The summed E-state index contributed by atoms with van der Waals surface area (Å²) < 4.78 is 39.0. The monoisotopic (exact) mass is 273 g/mol. The second-order valence-electron chi connectivity index (χ2n) is 3.71. The van der Waals surface area contributed by atoms with E-state index in [1.54, 1.807) is 7.05 Å². The molecule has 1 heterocycles. The molecule has 0 amide bonds. The Bertz CT molecular complexity index is 547. The van der Waals surface area contributed by atoms with Crippen LogP contribution >= 0.6 is 11.3 Å². The molecule has 0 aliphatic rings. The van der Waals surface area contributed by atoms with Gasteiger partial charge in [-0.3, -0.25) is 0 Å². The van der Waals surface area contributed by atoms with E-state index in [-0.39, 0.29) is 11.6 Å². The van der Waals surface area contributed by atoms with Gasteiger partial charge in [-0.2, -0.15) is 0 Å². The second-order valence-corrected chi connectivity index (χ2v) is 4.72. The first-order valence-corrected chi connectivity index (χ1v) is 6.00. The predicted molar refractivity (Wildman–Crippen MR) is 62.7 cm³/mol. The van der Waals surface area contributed by atoms with E-state index in [2.05, 4.69) is 15.5 Å². The second kappa shape index (κ2) is 5.03. The number of hydrogen-bond acceptors (Lipinski definition) is 4. The standard InChI is InChI=1S/C11H10F3N3S/c1-5(15-2)10-16-17-11(18-10)6-3-7(12)9(14)8(13)4-6/h3-5,15H,1-2H3. The van der Waals surface area contributed by atoms with Crippen molar-refractivity contribution in [1.29, 1.82) is 0 Å². The molecule has 1 aromatic heterocycles. The maximum absolute atomic E-state index is 13.1. The van der Waals surface area contributed by atoms with E-state index in [0.717, 1.165) is 12.1 Å². The summed E-state index contributed by atoms with van der Waals surface area (Å²) in [7, 11) is 1.77. The highest BCUT2D eigenvalue weighted by Gasteiger charge is 2.16. The minimum atomic E-state index is -1.48. The lowest BCUT2D eigenvalue weighted by atomic mass is 10.2. The summed E-state index contributed by atoms with van der Waals surface area (Å²) in [6.45, 7) is 1.89. The summed E-state index contributed by atoms with van der Waals surface area (Å²) >= 11 is 1.20. The number of benzene rings is 1. The molecule has 0 saturated heterocycles. The fourth-order valence-electron chi connectivity index (χ4n) is 1.33. The van der Waals surface area contributed by atoms with Crippen molar-refractivity contribution in [3.63, 3.8) is 0 Å². The number of nitrogens with one attached hydrogen (secondary N) is 1. The van der Waals surface area contributed by atoms with Gasteiger partial charge in [0.25, 0.3) is 0 Å². The van der Waals surface area contributed by atoms with Crippen molar-refractivity contribution in [2.45, 2.75) is 13.0 Å². The Morgan fingerprint density at radius 2 is 1.78 bits per heavy atom. The van der Waals surface area contributed by atoms with E-state index in [1.165, 1.54) is 11.3 Å². The molecule has 2 rings (SSSR count). The maximum atomic E-state index is 13.1. The van der Waals surface area contributed by atoms with Gasteiger partial charge in [-0.05, 0) is 26.1 Å². The summed E-state index contributed by atoms with van der Waals surface area (Å²) in [6.07, 6.45) is 0. The highest BCUT2D eigenvalue weighted by molar-refractivity contribution is 7.14. The zero-order valence-electron chi connectivity index (χ0n) is 9.67. The molecule has 0 radical (unpaired) electrons. The van der Waals surface area contributed by atoms with Crippen molar-refractivity contribution in [2.75, 3.05) is 7.05 Å². The van der Waals surface area contributed by atoms with Crippen LogP contribution in [-0.4, -0.2) is 17.2 Å². The molecule has 0 aliphatic heterocycles. The topological polar surface area (TPSA) is 37.8 Å². The normalized spacial score (nSPS) is 12.7. The molecular formula is C11H10F3N3S. The molecule has 1 atom stereocenters.